The summed E-state index contributed by atoms with van der Waals surface area (Å²) < 4.78 is 0. The highest BCUT2D eigenvalue weighted by molar-refractivity contribution is 6.64. The molecule has 3 heteroatoms. The lowest BCUT2D eigenvalue weighted by Crippen LogP contribution is -2.34. The lowest BCUT2D eigenvalue weighted by atomic mass is 9.76. The van der Waals surface area contributed by atoms with E-state index in [1.165, 1.54) is 0 Å². The first-order chi connectivity index (χ1) is 8.27. The van der Waals surface area contributed by atoms with Crippen LogP contribution in [0.25, 0.3) is 22.3 Å². The summed E-state index contributed by atoms with van der Waals surface area (Å²) in [6.07, 6.45) is 6.45. The van der Waals surface area contributed by atoms with E-state index in [1.54, 1.807) is 6.08 Å². The van der Waals surface area contributed by atoms with Crippen LogP contribution in [-0.4, -0.2) is 17.2 Å². The normalized spacial score (nSPS) is 12.9. The second-order valence-electron chi connectivity index (χ2n) is 4.03. The number of rotatable bonds is 1. The van der Waals surface area contributed by atoms with E-state index in [1.807, 2.05) is 42.5 Å². The fourth-order valence-corrected chi connectivity index (χ4v) is 2.21. The van der Waals surface area contributed by atoms with Gasteiger partial charge in [0, 0.05) is 11.5 Å². The van der Waals surface area contributed by atoms with Crippen molar-refractivity contribution in [3.8, 4) is 0 Å². The molecular weight excluding hydrogens is 211 g/mol. The molecule has 0 aliphatic heterocycles. The fourth-order valence-electron chi connectivity index (χ4n) is 2.21. The van der Waals surface area contributed by atoms with Gasteiger partial charge < -0.3 is 10.0 Å². The number of benzene rings is 2. The van der Waals surface area contributed by atoms with E-state index in [9.17, 15) is 10.0 Å². The van der Waals surface area contributed by atoms with E-state index in [4.69, 9.17) is 0 Å². The van der Waals surface area contributed by atoms with Gasteiger partial charge in [-0.2, -0.15) is 0 Å². The Morgan fingerprint density at radius 2 is 1.82 bits per heavy atom. The molecule has 0 bridgehead atoms. The molecule has 0 unspecified atom stereocenters. The van der Waals surface area contributed by atoms with Gasteiger partial charge in [0.05, 0.1) is 16.8 Å². The largest absolute Gasteiger partial charge is 0.570 e. The van der Waals surface area contributed by atoms with Gasteiger partial charge in [-0.3, -0.25) is 0 Å². The highest BCUT2D eigenvalue weighted by atomic mass is 16.4. The Morgan fingerprint density at radius 1 is 1.00 bits per heavy atom. The summed E-state index contributed by atoms with van der Waals surface area (Å²) in [6, 6.07) is 11.9. The molecule has 0 fully saturated rings. The third kappa shape index (κ3) is 1.58. The minimum Gasteiger partial charge on any atom is -0.411 e. The van der Waals surface area contributed by atoms with Gasteiger partial charge in [0.2, 0.25) is 0 Å². The summed E-state index contributed by atoms with van der Waals surface area (Å²) in [5.74, 6) is 0. The van der Waals surface area contributed by atoms with Gasteiger partial charge in [-0.15, -0.1) is 0 Å². The van der Waals surface area contributed by atoms with Crippen LogP contribution >= 0.6 is 0 Å². The van der Waals surface area contributed by atoms with Crippen LogP contribution in [0, 0.1) is 6.08 Å². The van der Waals surface area contributed by atoms with Gasteiger partial charge in [0.25, 0.3) is 0 Å². The van der Waals surface area contributed by atoms with Crippen molar-refractivity contribution in [2.24, 2.45) is 0 Å². The van der Waals surface area contributed by atoms with Crippen LogP contribution in [0.1, 0.15) is 0 Å². The molecule has 0 saturated heterocycles. The summed E-state index contributed by atoms with van der Waals surface area (Å²) in [5, 5.41) is 22.7. The molecule has 2 aromatic rings. The quantitative estimate of drug-likeness (QED) is 0.531. The van der Waals surface area contributed by atoms with E-state index in [2.05, 4.69) is 6.08 Å². The van der Waals surface area contributed by atoms with Crippen LogP contribution in [0.15, 0.2) is 42.5 Å². The molecule has 17 heavy (non-hydrogen) atoms. The van der Waals surface area contributed by atoms with Crippen molar-refractivity contribution < 1.29 is 10.0 Å². The summed E-state index contributed by atoms with van der Waals surface area (Å²) >= 11 is 0. The molecule has 80 valence electrons. The first-order valence-electron chi connectivity index (χ1n) is 5.45. The predicted molar refractivity (Wildman–Crippen MR) is 69.1 cm³/mol. The van der Waals surface area contributed by atoms with Gasteiger partial charge in [-0.1, -0.05) is 24.3 Å². The molecular formula is C14H10BO2+. The highest BCUT2D eigenvalue weighted by Gasteiger charge is 2.23. The van der Waals surface area contributed by atoms with Crippen LogP contribution in [0.4, 0.5) is 0 Å². The molecule has 0 atom stereocenters. The van der Waals surface area contributed by atoms with Gasteiger partial charge in [-0.25, -0.2) is 0 Å². The van der Waals surface area contributed by atoms with Crippen molar-refractivity contribution in [1.29, 1.82) is 0 Å². The third-order valence-electron chi connectivity index (χ3n) is 3.03. The maximum absolute atomic E-state index is 9.33. The Balaban J connectivity index is 2.53. The van der Waals surface area contributed by atoms with Crippen molar-refractivity contribution in [3.05, 3.63) is 59.0 Å². The van der Waals surface area contributed by atoms with Crippen LogP contribution < -0.4 is 10.4 Å². The maximum Gasteiger partial charge on any atom is 0.570 e. The third-order valence-corrected chi connectivity index (χ3v) is 3.03. The predicted octanol–water partition coefficient (Wildman–Crippen LogP) is 0.156. The van der Waals surface area contributed by atoms with Gasteiger partial charge in [0.15, 0.2) is 0 Å². The van der Waals surface area contributed by atoms with Crippen molar-refractivity contribution in [3.63, 3.8) is 0 Å². The molecule has 0 spiro atoms. The Labute approximate surface area is 99.0 Å². The zero-order valence-electron chi connectivity index (χ0n) is 9.09. The zero-order valence-corrected chi connectivity index (χ0v) is 9.09. The average molecular weight is 221 g/mol. The molecule has 1 aliphatic carbocycles. The molecule has 0 saturated carbocycles. The number of fused-ring (bicyclic) bond motifs is 3. The summed E-state index contributed by atoms with van der Waals surface area (Å²) in [4.78, 5) is 0. The molecule has 0 aromatic heterocycles. The van der Waals surface area contributed by atoms with E-state index < -0.39 is 7.12 Å². The van der Waals surface area contributed by atoms with Gasteiger partial charge in [0.1, 0.15) is 11.3 Å². The van der Waals surface area contributed by atoms with Gasteiger partial charge >= 0.3 is 7.12 Å². The zero-order chi connectivity index (χ0) is 11.8. The van der Waals surface area contributed by atoms with Crippen molar-refractivity contribution in [2.75, 3.05) is 0 Å². The summed E-state index contributed by atoms with van der Waals surface area (Å²) in [5.41, 5.74) is 0.494. The molecule has 2 N–H and O–H groups in total. The molecule has 0 amide bonds. The second-order valence-corrected chi connectivity index (χ2v) is 4.03. The van der Waals surface area contributed by atoms with E-state index >= 15 is 0 Å². The van der Waals surface area contributed by atoms with Crippen LogP contribution in [-0.2, 0) is 0 Å². The SMILES string of the molecule is OB(O)C1=c2ccc3ccccc3c2=C[C+]=C1. The first-order valence-corrected chi connectivity index (χ1v) is 5.45. The Kier molecular flexibility index (Phi) is 2.31. The Morgan fingerprint density at radius 3 is 2.65 bits per heavy atom. The number of hydrogen-bond donors (Lipinski definition) is 2. The summed E-state index contributed by atoms with van der Waals surface area (Å²) in [6.45, 7) is 0. The average Bonchev–Trinajstić information content (AvgIpc) is 2.37. The smallest absolute Gasteiger partial charge is 0.411 e. The second kappa shape index (κ2) is 3.83. The monoisotopic (exact) mass is 221 g/mol. The molecule has 2 aromatic carbocycles. The molecule has 2 nitrogen and oxygen atoms in total. The molecule has 0 radical (unpaired) electrons. The Bertz CT molecular complexity index is 729. The lowest BCUT2D eigenvalue weighted by Gasteiger charge is -1.99. The maximum atomic E-state index is 9.33. The Hall–Kier alpha value is -1.93. The van der Waals surface area contributed by atoms with Crippen molar-refractivity contribution in [1.82, 2.24) is 0 Å². The molecule has 1 aliphatic rings. The summed E-state index contributed by atoms with van der Waals surface area (Å²) in [7, 11) is -1.46. The lowest BCUT2D eigenvalue weighted by molar-refractivity contribution is 0.427. The fraction of sp³-hybridized carbons (Fsp3) is 0. The van der Waals surface area contributed by atoms with E-state index in [0.717, 1.165) is 21.2 Å². The number of hydrogen-bond acceptors (Lipinski definition) is 2. The van der Waals surface area contributed by atoms with Crippen LogP contribution in [0.5, 0.6) is 0 Å². The first kappa shape index (κ1) is 10.2. The molecule has 3 rings (SSSR count). The van der Waals surface area contributed by atoms with Crippen LogP contribution in [0.2, 0.25) is 0 Å². The standard InChI is InChI=1S/C14H10BO2/c16-15(17)14-7-3-6-12-11-5-2-1-4-10(11)8-9-13(12)14/h1-2,4-9,16-17H/q+1. The van der Waals surface area contributed by atoms with Crippen LogP contribution in [0.3, 0.4) is 0 Å². The van der Waals surface area contributed by atoms with Crippen molar-refractivity contribution >= 4 is 29.4 Å². The van der Waals surface area contributed by atoms with Gasteiger partial charge in [-0.05, 0) is 17.5 Å². The molecule has 0 heterocycles. The van der Waals surface area contributed by atoms with E-state index in [-0.39, 0.29) is 0 Å². The topological polar surface area (TPSA) is 40.5 Å². The minimum absolute atomic E-state index is 0.494. The minimum atomic E-state index is -1.46. The number of allylic oxidation sites excluding steroid dienone is 2. The van der Waals surface area contributed by atoms with E-state index in [0.29, 0.717) is 5.47 Å². The highest BCUT2D eigenvalue weighted by Crippen LogP contribution is 2.09. The van der Waals surface area contributed by atoms with Crippen molar-refractivity contribution in [2.45, 2.75) is 0 Å².